The summed E-state index contributed by atoms with van der Waals surface area (Å²) in [6.07, 6.45) is 0.612. The molecule has 0 saturated carbocycles. The number of nitrogens with zero attached hydrogens (tertiary/aromatic N) is 1. The highest BCUT2D eigenvalue weighted by Gasteiger charge is 2.34. The van der Waals surface area contributed by atoms with E-state index in [0.717, 1.165) is 52.2 Å². The summed E-state index contributed by atoms with van der Waals surface area (Å²) in [6.45, 7) is 4.46. The third-order valence-corrected chi connectivity index (χ3v) is 6.69. The molecule has 3 aromatic rings. The number of rotatable bonds is 3. The minimum atomic E-state index is -0.314. The van der Waals surface area contributed by atoms with E-state index in [-0.39, 0.29) is 12.1 Å². The van der Waals surface area contributed by atoms with Crippen LogP contribution in [0.25, 0.3) is 10.8 Å². The SMILES string of the molecule is CCOc1ccc2ccccc2c1[C@H]1NC(=O)c2c(sc3c2CCN(C)C3)N1. The molecule has 0 unspecified atom stereocenters. The number of nitrogens with one attached hydrogen (secondary N) is 2. The molecule has 144 valence electrons. The number of ether oxygens (including phenoxy) is 1. The number of hydrogen-bond acceptors (Lipinski definition) is 5. The van der Waals surface area contributed by atoms with Crippen molar-refractivity contribution in [3.63, 3.8) is 0 Å². The lowest BCUT2D eigenvalue weighted by molar-refractivity contribution is 0.0934. The van der Waals surface area contributed by atoms with E-state index in [1.165, 1.54) is 10.4 Å². The van der Waals surface area contributed by atoms with Crippen LogP contribution in [0, 0.1) is 0 Å². The molecule has 0 spiro atoms. The van der Waals surface area contributed by atoms with Crippen molar-refractivity contribution in [2.75, 3.05) is 25.5 Å². The number of carbonyl (C=O) groups excluding carboxylic acids is 1. The van der Waals surface area contributed by atoms with E-state index < -0.39 is 0 Å². The Hall–Kier alpha value is -2.57. The van der Waals surface area contributed by atoms with Crippen LogP contribution in [-0.2, 0) is 13.0 Å². The molecule has 0 fully saturated rings. The molecule has 0 bridgehead atoms. The molecule has 0 aliphatic carbocycles. The first-order valence-corrected chi connectivity index (χ1v) is 10.5. The Bertz CT molecular complexity index is 1080. The Morgan fingerprint density at radius 2 is 2.07 bits per heavy atom. The fourth-order valence-electron chi connectivity index (χ4n) is 4.24. The van der Waals surface area contributed by atoms with Crippen molar-refractivity contribution in [3.8, 4) is 5.75 Å². The van der Waals surface area contributed by atoms with Gasteiger partial charge < -0.3 is 20.3 Å². The molecule has 2 aliphatic rings. The van der Waals surface area contributed by atoms with Crippen molar-refractivity contribution >= 4 is 33.0 Å². The first-order valence-electron chi connectivity index (χ1n) is 9.70. The van der Waals surface area contributed by atoms with Gasteiger partial charge in [0.1, 0.15) is 16.9 Å². The zero-order valence-corrected chi connectivity index (χ0v) is 16.9. The van der Waals surface area contributed by atoms with Crippen LogP contribution in [-0.4, -0.2) is 31.0 Å². The number of anilines is 1. The normalized spacial score (nSPS) is 18.9. The van der Waals surface area contributed by atoms with Crippen LogP contribution in [0.2, 0.25) is 0 Å². The Morgan fingerprint density at radius 1 is 1.21 bits per heavy atom. The van der Waals surface area contributed by atoms with Crippen LogP contribution in [0.15, 0.2) is 36.4 Å². The van der Waals surface area contributed by atoms with Gasteiger partial charge in [0, 0.05) is 23.5 Å². The van der Waals surface area contributed by atoms with Crippen LogP contribution < -0.4 is 15.4 Å². The van der Waals surface area contributed by atoms with E-state index in [4.69, 9.17) is 4.74 Å². The lowest BCUT2D eigenvalue weighted by Crippen LogP contribution is -2.39. The van der Waals surface area contributed by atoms with Crippen molar-refractivity contribution in [1.29, 1.82) is 0 Å². The number of benzene rings is 2. The zero-order chi connectivity index (χ0) is 19.3. The van der Waals surface area contributed by atoms with Crippen molar-refractivity contribution < 1.29 is 9.53 Å². The second-order valence-electron chi connectivity index (χ2n) is 7.38. The second-order valence-corrected chi connectivity index (χ2v) is 8.48. The highest BCUT2D eigenvalue weighted by Crippen LogP contribution is 2.43. The monoisotopic (exact) mass is 393 g/mol. The molecule has 2 N–H and O–H groups in total. The number of carbonyl (C=O) groups is 1. The number of hydrogen-bond donors (Lipinski definition) is 2. The average molecular weight is 394 g/mol. The summed E-state index contributed by atoms with van der Waals surface area (Å²) < 4.78 is 5.92. The van der Waals surface area contributed by atoms with Crippen LogP contribution in [0.1, 0.15) is 39.5 Å². The topological polar surface area (TPSA) is 53.6 Å². The molecule has 0 saturated heterocycles. The molecule has 1 atom stereocenters. The van der Waals surface area contributed by atoms with Crippen LogP contribution in [0.3, 0.4) is 0 Å². The van der Waals surface area contributed by atoms with Crippen molar-refractivity contribution in [2.45, 2.75) is 26.1 Å². The summed E-state index contributed by atoms with van der Waals surface area (Å²) in [5.41, 5.74) is 3.04. The van der Waals surface area contributed by atoms with Crippen LogP contribution in [0.4, 0.5) is 5.00 Å². The van der Waals surface area contributed by atoms with E-state index in [9.17, 15) is 4.79 Å². The summed E-state index contributed by atoms with van der Waals surface area (Å²) in [5, 5.41) is 9.99. The molecule has 1 amide bonds. The van der Waals surface area contributed by atoms with Gasteiger partial charge in [-0.05, 0) is 42.8 Å². The van der Waals surface area contributed by atoms with E-state index in [1.807, 2.05) is 25.1 Å². The van der Waals surface area contributed by atoms with Crippen molar-refractivity contribution in [1.82, 2.24) is 10.2 Å². The van der Waals surface area contributed by atoms with E-state index in [0.29, 0.717) is 6.61 Å². The molecule has 1 aromatic heterocycles. The summed E-state index contributed by atoms with van der Waals surface area (Å²) in [6, 6.07) is 12.3. The number of likely N-dealkylation sites (N-methyl/N-ethyl adjacent to an activating group) is 1. The lowest BCUT2D eigenvalue weighted by atomic mass is 9.98. The smallest absolute Gasteiger partial charge is 0.256 e. The molecule has 28 heavy (non-hydrogen) atoms. The Labute approximate surface area is 168 Å². The van der Waals surface area contributed by atoms with Gasteiger partial charge in [-0.3, -0.25) is 4.79 Å². The van der Waals surface area contributed by atoms with E-state index >= 15 is 0 Å². The predicted molar refractivity (Wildman–Crippen MR) is 113 cm³/mol. The first kappa shape index (κ1) is 17.5. The third kappa shape index (κ3) is 2.75. The van der Waals surface area contributed by atoms with Gasteiger partial charge in [-0.15, -0.1) is 11.3 Å². The highest BCUT2D eigenvalue weighted by molar-refractivity contribution is 7.16. The number of thiophene rings is 1. The second kappa shape index (κ2) is 6.79. The van der Waals surface area contributed by atoms with Gasteiger partial charge in [0.15, 0.2) is 0 Å². The quantitative estimate of drug-likeness (QED) is 0.702. The fourth-order valence-corrected chi connectivity index (χ4v) is 5.60. The summed E-state index contributed by atoms with van der Waals surface area (Å²) in [4.78, 5) is 16.7. The summed E-state index contributed by atoms with van der Waals surface area (Å²) in [5.74, 6) is 0.819. The predicted octanol–water partition coefficient (Wildman–Crippen LogP) is 4.14. The van der Waals surface area contributed by atoms with Gasteiger partial charge in [0.2, 0.25) is 0 Å². The zero-order valence-electron chi connectivity index (χ0n) is 16.0. The van der Waals surface area contributed by atoms with E-state index in [2.05, 4.69) is 40.8 Å². The number of amides is 1. The van der Waals surface area contributed by atoms with Crippen molar-refractivity contribution in [2.24, 2.45) is 0 Å². The van der Waals surface area contributed by atoms with E-state index in [1.54, 1.807) is 11.3 Å². The Balaban J connectivity index is 1.61. The largest absolute Gasteiger partial charge is 0.493 e. The minimum absolute atomic E-state index is 0.0104. The van der Waals surface area contributed by atoms with Crippen LogP contribution >= 0.6 is 11.3 Å². The Kier molecular flexibility index (Phi) is 4.25. The van der Waals surface area contributed by atoms with Crippen molar-refractivity contribution in [3.05, 3.63) is 58.0 Å². The van der Waals surface area contributed by atoms with Gasteiger partial charge in [0.05, 0.1) is 12.2 Å². The van der Waals surface area contributed by atoms with Gasteiger partial charge in [-0.25, -0.2) is 0 Å². The number of fused-ring (bicyclic) bond motifs is 4. The molecule has 2 aliphatic heterocycles. The average Bonchev–Trinajstić information content (AvgIpc) is 3.05. The lowest BCUT2D eigenvalue weighted by Gasteiger charge is -2.29. The summed E-state index contributed by atoms with van der Waals surface area (Å²) in [7, 11) is 2.13. The van der Waals surface area contributed by atoms with Gasteiger partial charge in [-0.1, -0.05) is 30.3 Å². The van der Waals surface area contributed by atoms with Gasteiger partial charge in [-0.2, -0.15) is 0 Å². The maximum absolute atomic E-state index is 13.1. The maximum Gasteiger partial charge on any atom is 0.256 e. The molecule has 6 heteroatoms. The first-order chi connectivity index (χ1) is 13.7. The van der Waals surface area contributed by atoms with Gasteiger partial charge in [0.25, 0.3) is 5.91 Å². The molecule has 5 nitrogen and oxygen atoms in total. The molecular formula is C22H23N3O2S. The molecule has 3 heterocycles. The molecule has 0 radical (unpaired) electrons. The Morgan fingerprint density at radius 3 is 2.93 bits per heavy atom. The molecule has 5 rings (SSSR count). The van der Waals surface area contributed by atoms with Gasteiger partial charge >= 0.3 is 0 Å². The standard InChI is InChI=1S/C22H23N3O2S/c1-3-27-16-9-8-13-6-4-5-7-14(13)18(16)20-23-21(26)19-15-10-11-25(2)12-17(15)28-22(19)24-20/h4-9,20,24H,3,10-12H2,1-2H3,(H,23,26)/t20-/m0/s1. The maximum atomic E-state index is 13.1. The molecule has 2 aromatic carbocycles. The third-order valence-electron chi connectivity index (χ3n) is 5.54. The highest BCUT2D eigenvalue weighted by atomic mass is 32.1. The van der Waals surface area contributed by atoms with Crippen LogP contribution in [0.5, 0.6) is 5.75 Å². The summed E-state index contributed by atoms with van der Waals surface area (Å²) >= 11 is 1.71. The molecular weight excluding hydrogens is 370 g/mol. The fraction of sp³-hybridized carbons (Fsp3) is 0.318. The minimum Gasteiger partial charge on any atom is -0.493 e.